The van der Waals surface area contributed by atoms with Gasteiger partial charge in [0.15, 0.2) is 0 Å². The van der Waals surface area contributed by atoms with Crippen LogP contribution in [0.2, 0.25) is 0 Å². The first kappa shape index (κ1) is 18.9. The average Bonchev–Trinajstić information content (AvgIpc) is 3.07. The molecule has 1 aliphatic carbocycles. The minimum absolute atomic E-state index is 0.0290. The van der Waals surface area contributed by atoms with Crippen LogP contribution in [0.4, 0.5) is 5.69 Å². The molecule has 0 spiro atoms. The molecular formula is C20H29N3O3S. The number of hydrogen-bond donors (Lipinski definition) is 2. The van der Waals surface area contributed by atoms with Crippen LogP contribution in [0.25, 0.3) is 0 Å². The molecule has 0 radical (unpaired) electrons. The van der Waals surface area contributed by atoms with Crippen LogP contribution in [0, 0.1) is 17.8 Å². The van der Waals surface area contributed by atoms with E-state index < -0.39 is 10.0 Å². The van der Waals surface area contributed by atoms with Gasteiger partial charge < -0.3 is 10.6 Å². The summed E-state index contributed by atoms with van der Waals surface area (Å²) in [7, 11) is -3.39. The number of hydrogen-bond acceptors (Lipinski definition) is 4. The Morgan fingerprint density at radius 2 is 2.00 bits per heavy atom. The third-order valence-electron chi connectivity index (χ3n) is 6.35. The second kappa shape index (κ2) is 6.87. The van der Waals surface area contributed by atoms with Crippen molar-refractivity contribution in [2.45, 2.75) is 44.4 Å². The van der Waals surface area contributed by atoms with Crippen molar-refractivity contribution >= 4 is 21.6 Å². The van der Waals surface area contributed by atoms with E-state index in [0.717, 1.165) is 32.4 Å². The topological polar surface area (TPSA) is 78.5 Å². The number of carbonyl (C=O) groups excluding carboxylic acids is 1. The standard InChI is InChI=1S/C20H29N3O3S/c1-20(2)8-3-4-9-23(20)27(25,26)13-14-6-5-7-15(10-14)22-19(24)18-16-11-21-12-17(16)18/h5-7,10,16-18,21H,3-4,8-9,11-13H2,1-2H3,(H,22,24)/t16-,17?,18?/m1/s1. The molecule has 3 atom stereocenters. The molecule has 7 heteroatoms. The zero-order valence-electron chi connectivity index (χ0n) is 16.1. The summed E-state index contributed by atoms with van der Waals surface area (Å²) < 4.78 is 27.6. The van der Waals surface area contributed by atoms with Crippen LogP contribution in [-0.4, -0.2) is 43.8 Å². The van der Waals surface area contributed by atoms with Crippen LogP contribution in [0.15, 0.2) is 24.3 Å². The molecule has 27 heavy (non-hydrogen) atoms. The highest BCUT2D eigenvalue weighted by molar-refractivity contribution is 7.88. The van der Waals surface area contributed by atoms with E-state index in [1.807, 2.05) is 32.0 Å². The van der Waals surface area contributed by atoms with Crippen LogP contribution in [0.3, 0.4) is 0 Å². The third-order valence-corrected chi connectivity index (χ3v) is 8.40. The Morgan fingerprint density at radius 1 is 1.26 bits per heavy atom. The fourth-order valence-corrected chi connectivity index (χ4v) is 6.82. The van der Waals surface area contributed by atoms with E-state index in [9.17, 15) is 13.2 Å². The Labute approximate surface area is 161 Å². The molecule has 1 amide bonds. The predicted octanol–water partition coefficient (Wildman–Crippen LogP) is 2.18. The number of carbonyl (C=O) groups is 1. The first-order valence-electron chi connectivity index (χ1n) is 9.89. The number of sulfonamides is 1. The van der Waals surface area contributed by atoms with E-state index in [0.29, 0.717) is 29.6 Å². The van der Waals surface area contributed by atoms with Crippen molar-refractivity contribution < 1.29 is 13.2 Å². The lowest BCUT2D eigenvalue weighted by atomic mass is 9.93. The maximum atomic E-state index is 13.0. The maximum Gasteiger partial charge on any atom is 0.228 e. The van der Waals surface area contributed by atoms with E-state index in [1.54, 1.807) is 10.4 Å². The highest BCUT2D eigenvalue weighted by Crippen LogP contribution is 2.49. The zero-order valence-corrected chi connectivity index (χ0v) is 16.9. The number of anilines is 1. The highest BCUT2D eigenvalue weighted by Gasteiger charge is 2.56. The van der Waals surface area contributed by atoms with Gasteiger partial charge in [0.1, 0.15) is 0 Å². The first-order chi connectivity index (χ1) is 12.8. The molecule has 2 unspecified atom stereocenters. The van der Waals surface area contributed by atoms with Gasteiger partial charge in [0.05, 0.1) is 5.75 Å². The van der Waals surface area contributed by atoms with Crippen molar-refractivity contribution in [2.24, 2.45) is 17.8 Å². The lowest BCUT2D eigenvalue weighted by Crippen LogP contribution is -2.50. The fraction of sp³-hybridized carbons (Fsp3) is 0.650. The van der Waals surface area contributed by atoms with Gasteiger partial charge in [-0.2, -0.15) is 4.31 Å². The van der Waals surface area contributed by atoms with Crippen LogP contribution in [0.5, 0.6) is 0 Å². The summed E-state index contributed by atoms with van der Waals surface area (Å²) in [6.07, 6.45) is 2.87. The normalized spacial score (nSPS) is 29.9. The molecule has 0 bridgehead atoms. The van der Waals surface area contributed by atoms with Crippen LogP contribution in [0.1, 0.15) is 38.7 Å². The Balaban J connectivity index is 1.44. The van der Waals surface area contributed by atoms with Gasteiger partial charge in [-0.25, -0.2) is 8.42 Å². The van der Waals surface area contributed by atoms with Gasteiger partial charge in [0.25, 0.3) is 0 Å². The molecule has 1 aromatic carbocycles. The van der Waals surface area contributed by atoms with Gasteiger partial charge in [-0.1, -0.05) is 18.6 Å². The molecule has 0 aromatic heterocycles. The second-order valence-electron chi connectivity index (χ2n) is 8.80. The van der Waals surface area contributed by atoms with Crippen molar-refractivity contribution in [1.82, 2.24) is 9.62 Å². The molecule has 6 nitrogen and oxygen atoms in total. The Morgan fingerprint density at radius 3 is 2.70 bits per heavy atom. The molecule has 3 fully saturated rings. The van der Waals surface area contributed by atoms with Crippen LogP contribution >= 0.6 is 0 Å². The molecular weight excluding hydrogens is 362 g/mol. The van der Waals surface area contributed by atoms with E-state index in [1.165, 1.54) is 0 Å². The van der Waals surface area contributed by atoms with Gasteiger partial charge in [-0.15, -0.1) is 0 Å². The van der Waals surface area contributed by atoms with Crippen molar-refractivity contribution in [3.05, 3.63) is 29.8 Å². The molecule has 2 saturated heterocycles. The van der Waals surface area contributed by atoms with Crippen molar-refractivity contribution in [1.29, 1.82) is 0 Å². The Bertz CT molecular complexity index is 827. The Kier molecular flexibility index (Phi) is 4.81. The summed E-state index contributed by atoms with van der Waals surface area (Å²) >= 11 is 0. The first-order valence-corrected chi connectivity index (χ1v) is 11.5. The molecule has 1 saturated carbocycles. The Hall–Kier alpha value is -1.44. The average molecular weight is 392 g/mol. The number of fused-ring (bicyclic) bond motifs is 1. The van der Waals surface area contributed by atoms with Crippen LogP contribution in [-0.2, 0) is 20.6 Å². The number of benzene rings is 1. The van der Waals surface area contributed by atoms with Gasteiger partial charge in [0.2, 0.25) is 15.9 Å². The number of nitrogens with zero attached hydrogens (tertiary/aromatic N) is 1. The number of rotatable bonds is 5. The summed E-state index contributed by atoms with van der Waals surface area (Å²) in [4.78, 5) is 12.5. The lowest BCUT2D eigenvalue weighted by Gasteiger charge is -2.41. The predicted molar refractivity (Wildman–Crippen MR) is 106 cm³/mol. The largest absolute Gasteiger partial charge is 0.326 e. The summed E-state index contributed by atoms with van der Waals surface area (Å²) in [5.41, 5.74) is 1.07. The van der Waals surface area contributed by atoms with E-state index in [4.69, 9.17) is 0 Å². The highest BCUT2D eigenvalue weighted by atomic mass is 32.2. The SMILES string of the molecule is CC1(C)CCCCN1S(=O)(=O)Cc1cccc(NC(=O)C2C3CNC[C@H]32)c1. The lowest BCUT2D eigenvalue weighted by molar-refractivity contribution is -0.118. The summed E-state index contributed by atoms with van der Waals surface area (Å²) in [5.74, 6) is 1.07. The molecule has 148 valence electrons. The minimum atomic E-state index is -3.39. The van der Waals surface area contributed by atoms with Crippen molar-refractivity contribution in [3.8, 4) is 0 Å². The summed E-state index contributed by atoms with van der Waals surface area (Å²) in [5, 5.41) is 6.27. The van der Waals surface area contributed by atoms with Gasteiger partial charge in [-0.3, -0.25) is 4.79 Å². The monoisotopic (exact) mass is 391 g/mol. The van der Waals surface area contributed by atoms with Gasteiger partial charge in [0, 0.05) is 23.7 Å². The smallest absolute Gasteiger partial charge is 0.228 e. The molecule has 1 aromatic rings. The van der Waals surface area contributed by atoms with E-state index >= 15 is 0 Å². The third kappa shape index (κ3) is 3.77. The molecule has 2 aliphatic heterocycles. The van der Waals surface area contributed by atoms with Gasteiger partial charge in [-0.05, 0) is 69.3 Å². The van der Waals surface area contributed by atoms with Crippen LogP contribution < -0.4 is 10.6 Å². The number of nitrogens with one attached hydrogen (secondary N) is 2. The van der Waals surface area contributed by atoms with Crippen molar-refractivity contribution in [3.63, 3.8) is 0 Å². The number of amides is 1. The minimum Gasteiger partial charge on any atom is -0.326 e. The van der Waals surface area contributed by atoms with Gasteiger partial charge >= 0.3 is 0 Å². The summed E-state index contributed by atoms with van der Waals surface area (Å²) in [6.45, 7) is 6.44. The van der Waals surface area contributed by atoms with E-state index in [2.05, 4.69) is 10.6 Å². The van der Waals surface area contributed by atoms with Crippen molar-refractivity contribution in [2.75, 3.05) is 25.0 Å². The summed E-state index contributed by atoms with van der Waals surface area (Å²) in [6, 6.07) is 7.26. The second-order valence-corrected chi connectivity index (χ2v) is 10.7. The fourth-order valence-electron chi connectivity index (χ4n) is 4.82. The molecule has 4 rings (SSSR count). The van der Waals surface area contributed by atoms with E-state index in [-0.39, 0.29) is 23.1 Å². The zero-order chi connectivity index (χ0) is 19.2. The quantitative estimate of drug-likeness (QED) is 0.806. The molecule has 2 N–H and O–H groups in total. The molecule has 3 aliphatic rings. The molecule has 2 heterocycles. The maximum absolute atomic E-state index is 13.0. The number of piperidine rings is 2.